The molecule has 1 unspecified atom stereocenters. The number of aliphatic hydroxyl groups is 1. The Bertz CT molecular complexity index is 773. The first-order valence-corrected chi connectivity index (χ1v) is 8.76. The zero-order chi connectivity index (χ0) is 16.1. The number of nitrogens with one attached hydrogen (secondary N) is 1. The first kappa shape index (κ1) is 15.7. The molecular weight excluding hydrogens is 330 g/mol. The molecule has 0 aromatic carbocycles. The van der Waals surface area contributed by atoms with Crippen LogP contribution in [0.3, 0.4) is 0 Å². The van der Waals surface area contributed by atoms with E-state index in [-0.39, 0.29) is 5.91 Å². The first-order chi connectivity index (χ1) is 11.2. The Kier molecular flexibility index (Phi) is 5.07. The van der Waals surface area contributed by atoms with Gasteiger partial charge in [0.05, 0.1) is 12.8 Å². The summed E-state index contributed by atoms with van der Waals surface area (Å²) in [5.41, 5.74) is 1.02. The quantitative estimate of drug-likeness (QED) is 0.668. The molecule has 1 amide bonds. The summed E-state index contributed by atoms with van der Waals surface area (Å²) in [5.74, 6) is 0.374. The molecule has 0 radical (unpaired) electrons. The van der Waals surface area contributed by atoms with Crippen LogP contribution in [0, 0.1) is 0 Å². The van der Waals surface area contributed by atoms with Crippen molar-refractivity contribution in [3.8, 4) is 0 Å². The molecule has 0 saturated carbocycles. The standard InChI is InChI=1S/C17H15NO3S2/c19-16(6-3-12-7-9-22-11-12)18-10-13-4-5-15(23-13)17(20)14-2-1-8-21-14/h1-9,11,17,20H,10H2,(H,18,19)/b6-3+. The lowest BCUT2D eigenvalue weighted by molar-refractivity contribution is -0.116. The summed E-state index contributed by atoms with van der Waals surface area (Å²) in [6.07, 6.45) is 4.08. The van der Waals surface area contributed by atoms with Gasteiger partial charge in [-0.3, -0.25) is 4.79 Å². The van der Waals surface area contributed by atoms with Gasteiger partial charge in [0.2, 0.25) is 5.91 Å². The van der Waals surface area contributed by atoms with Crippen molar-refractivity contribution in [3.63, 3.8) is 0 Å². The lowest BCUT2D eigenvalue weighted by atomic mass is 10.2. The van der Waals surface area contributed by atoms with Gasteiger partial charge < -0.3 is 14.8 Å². The third-order valence-electron chi connectivity index (χ3n) is 3.17. The average Bonchev–Trinajstić information content (AvgIpc) is 3.33. The van der Waals surface area contributed by atoms with Crippen LogP contribution in [0.2, 0.25) is 0 Å². The van der Waals surface area contributed by atoms with Gasteiger partial charge in [0, 0.05) is 15.8 Å². The maximum atomic E-state index is 11.8. The summed E-state index contributed by atoms with van der Waals surface area (Å²) in [4.78, 5) is 13.5. The van der Waals surface area contributed by atoms with E-state index in [1.54, 1.807) is 29.5 Å². The number of hydrogen-bond acceptors (Lipinski definition) is 5. The molecule has 2 N–H and O–H groups in total. The van der Waals surface area contributed by atoms with Gasteiger partial charge in [-0.05, 0) is 52.7 Å². The highest BCUT2D eigenvalue weighted by molar-refractivity contribution is 7.12. The molecule has 1 atom stereocenters. The zero-order valence-corrected chi connectivity index (χ0v) is 13.8. The van der Waals surface area contributed by atoms with Crippen LogP contribution in [0.4, 0.5) is 0 Å². The molecule has 0 fully saturated rings. The van der Waals surface area contributed by atoms with Gasteiger partial charge in [0.15, 0.2) is 0 Å². The molecule has 0 spiro atoms. The Morgan fingerprint density at radius 1 is 1.35 bits per heavy atom. The molecule has 0 aliphatic rings. The fourth-order valence-corrected chi connectivity index (χ4v) is 3.57. The van der Waals surface area contributed by atoms with E-state index in [1.165, 1.54) is 23.7 Å². The molecule has 3 aromatic heterocycles. The van der Waals surface area contributed by atoms with Crippen molar-refractivity contribution < 1.29 is 14.3 Å². The van der Waals surface area contributed by atoms with Gasteiger partial charge in [-0.1, -0.05) is 0 Å². The minimum Gasteiger partial charge on any atom is -0.466 e. The van der Waals surface area contributed by atoms with Crippen LogP contribution in [0.15, 0.2) is 57.8 Å². The Balaban J connectivity index is 1.54. The monoisotopic (exact) mass is 345 g/mol. The number of carbonyl (C=O) groups excluding carboxylic acids is 1. The molecular formula is C17H15NO3S2. The van der Waals surface area contributed by atoms with E-state index in [1.807, 2.05) is 29.0 Å². The number of carbonyl (C=O) groups is 1. The second kappa shape index (κ2) is 7.41. The van der Waals surface area contributed by atoms with Crippen LogP contribution in [-0.2, 0) is 11.3 Å². The molecule has 0 saturated heterocycles. The number of amides is 1. The van der Waals surface area contributed by atoms with Crippen LogP contribution < -0.4 is 5.32 Å². The van der Waals surface area contributed by atoms with Gasteiger partial charge in [-0.2, -0.15) is 11.3 Å². The summed E-state index contributed by atoms with van der Waals surface area (Å²) in [6.45, 7) is 0.433. The molecule has 6 heteroatoms. The van der Waals surface area contributed by atoms with Crippen LogP contribution in [0.5, 0.6) is 0 Å². The second-order valence-corrected chi connectivity index (χ2v) is 6.81. The topological polar surface area (TPSA) is 62.5 Å². The average molecular weight is 345 g/mol. The van der Waals surface area contributed by atoms with Crippen molar-refractivity contribution >= 4 is 34.7 Å². The molecule has 3 aromatic rings. The maximum Gasteiger partial charge on any atom is 0.244 e. The third-order valence-corrected chi connectivity index (χ3v) is 5.01. The van der Waals surface area contributed by atoms with Crippen LogP contribution in [-0.4, -0.2) is 11.0 Å². The Hall–Kier alpha value is -2.15. The normalized spacial score (nSPS) is 12.6. The second-order valence-electron chi connectivity index (χ2n) is 4.83. The van der Waals surface area contributed by atoms with Gasteiger partial charge in [0.1, 0.15) is 11.9 Å². The van der Waals surface area contributed by atoms with E-state index < -0.39 is 6.10 Å². The molecule has 3 heterocycles. The summed E-state index contributed by atoms with van der Waals surface area (Å²) in [6, 6.07) is 9.18. The summed E-state index contributed by atoms with van der Waals surface area (Å²) >= 11 is 3.04. The SMILES string of the molecule is O=C(/C=C/c1ccsc1)NCc1ccc(C(O)c2ccco2)s1. The lowest BCUT2D eigenvalue weighted by Crippen LogP contribution is -2.19. The van der Waals surface area contributed by atoms with Crippen molar-refractivity contribution in [3.05, 3.63) is 74.5 Å². The highest BCUT2D eigenvalue weighted by Crippen LogP contribution is 2.28. The Morgan fingerprint density at radius 3 is 3.00 bits per heavy atom. The number of thiophene rings is 2. The molecule has 118 valence electrons. The maximum absolute atomic E-state index is 11.8. The minimum atomic E-state index is -0.766. The Labute approximate surface area is 141 Å². The minimum absolute atomic E-state index is 0.141. The van der Waals surface area contributed by atoms with Crippen LogP contribution in [0.25, 0.3) is 6.08 Å². The van der Waals surface area contributed by atoms with E-state index in [9.17, 15) is 9.90 Å². The highest BCUT2D eigenvalue weighted by atomic mass is 32.1. The number of rotatable bonds is 6. The molecule has 3 rings (SSSR count). The number of hydrogen-bond donors (Lipinski definition) is 2. The van der Waals surface area contributed by atoms with Crippen molar-refractivity contribution in [2.24, 2.45) is 0 Å². The Morgan fingerprint density at radius 2 is 2.26 bits per heavy atom. The third kappa shape index (κ3) is 4.19. The summed E-state index contributed by atoms with van der Waals surface area (Å²) in [7, 11) is 0. The molecule has 0 aliphatic heterocycles. The fraction of sp³-hybridized carbons (Fsp3) is 0.118. The smallest absolute Gasteiger partial charge is 0.244 e. The molecule has 4 nitrogen and oxygen atoms in total. The van der Waals surface area contributed by atoms with E-state index in [4.69, 9.17) is 4.42 Å². The van der Waals surface area contributed by atoms with Crippen molar-refractivity contribution in [2.75, 3.05) is 0 Å². The predicted octanol–water partition coefficient (Wildman–Crippen LogP) is 3.81. The fourth-order valence-electron chi connectivity index (χ4n) is 2.00. The molecule has 0 aliphatic carbocycles. The summed E-state index contributed by atoms with van der Waals surface area (Å²) in [5, 5.41) is 17.0. The number of aliphatic hydroxyl groups excluding tert-OH is 1. The van der Waals surface area contributed by atoms with Crippen molar-refractivity contribution in [1.29, 1.82) is 0 Å². The van der Waals surface area contributed by atoms with E-state index in [2.05, 4.69) is 5.32 Å². The predicted molar refractivity (Wildman–Crippen MR) is 92.3 cm³/mol. The van der Waals surface area contributed by atoms with E-state index >= 15 is 0 Å². The van der Waals surface area contributed by atoms with Crippen molar-refractivity contribution in [2.45, 2.75) is 12.6 Å². The van der Waals surface area contributed by atoms with Gasteiger partial charge in [-0.15, -0.1) is 11.3 Å². The van der Waals surface area contributed by atoms with Crippen LogP contribution >= 0.6 is 22.7 Å². The molecule has 0 bridgehead atoms. The zero-order valence-electron chi connectivity index (χ0n) is 12.1. The summed E-state index contributed by atoms with van der Waals surface area (Å²) < 4.78 is 5.20. The highest BCUT2D eigenvalue weighted by Gasteiger charge is 2.15. The van der Waals surface area contributed by atoms with E-state index in [0.29, 0.717) is 12.3 Å². The molecule has 23 heavy (non-hydrogen) atoms. The van der Waals surface area contributed by atoms with Gasteiger partial charge in [-0.25, -0.2) is 0 Å². The van der Waals surface area contributed by atoms with E-state index in [0.717, 1.165) is 15.3 Å². The number of furan rings is 1. The lowest BCUT2D eigenvalue weighted by Gasteiger charge is -2.04. The largest absolute Gasteiger partial charge is 0.466 e. The first-order valence-electron chi connectivity index (χ1n) is 7.00. The van der Waals surface area contributed by atoms with Crippen molar-refractivity contribution in [1.82, 2.24) is 5.32 Å². The van der Waals surface area contributed by atoms with Gasteiger partial charge >= 0.3 is 0 Å². The van der Waals surface area contributed by atoms with Crippen LogP contribution in [0.1, 0.15) is 27.2 Å². The van der Waals surface area contributed by atoms with Gasteiger partial charge in [0.25, 0.3) is 0 Å².